The SMILES string of the molecule is CCC(CN)(CO)CCOCCC(C)C. The van der Waals surface area contributed by atoms with Crippen LogP contribution in [0, 0.1) is 11.3 Å². The van der Waals surface area contributed by atoms with E-state index >= 15 is 0 Å². The molecule has 3 nitrogen and oxygen atoms in total. The summed E-state index contributed by atoms with van der Waals surface area (Å²) in [7, 11) is 0. The normalized spacial score (nSPS) is 15.6. The molecule has 0 fully saturated rings. The van der Waals surface area contributed by atoms with Crippen LogP contribution in [0.5, 0.6) is 0 Å². The first-order chi connectivity index (χ1) is 7.10. The number of aliphatic hydroxyl groups is 1. The number of aliphatic hydroxyl groups excluding tert-OH is 1. The Labute approximate surface area is 94.0 Å². The molecule has 0 rings (SSSR count). The largest absolute Gasteiger partial charge is 0.396 e. The topological polar surface area (TPSA) is 55.5 Å². The lowest BCUT2D eigenvalue weighted by Crippen LogP contribution is -2.34. The molecule has 0 spiro atoms. The van der Waals surface area contributed by atoms with E-state index in [0.29, 0.717) is 19.1 Å². The van der Waals surface area contributed by atoms with Gasteiger partial charge in [-0.1, -0.05) is 20.8 Å². The summed E-state index contributed by atoms with van der Waals surface area (Å²) in [6.07, 6.45) is 2.86. The van der Waals surface area contributed by atoms with Crippen LogP contribution >= 0.6 is 0 Å². The van der Waals surface area contributed by atoms with Gasteiger partial charge in [-0.05, 0) is 25.2 Å². The van der Waals surface area contributed by atoms with Crippen molar-refractivity contribution in [3.8, 4) is 0 Å². The van der Waals surface area contributed by atoms with Gasteiger partial charge in [0.1, 0.15) is 0 Å². The van der Waals surface area contributed by atoms with Gasteiger partial charge in [-0.3, -0.25) is 0 Å². The van der Waals surface area contributed by atoms with Crippen LogP contribution < -0.4 is 5.73 Å². The van der Waals surface area contributed by atoms with Crippen molar-refractivity contribution in [1.29, 1.82) is 0 Å². The molecule has 0 saturated carbocycles. The fourth-order valence-electron chi connectivity index (χ4n) is 1.39. The van der Waals surface area contributed by atoms with E-state index in [0.717, 1.165) is 25.9 Å². The molecule has 0 aromatic rings. The van der Waals surface area contributed by atoms with Gasteiger partial charge >= 0.3 is 0 Å². The molecule has 1 unspecified atom stereocenters. The zero-order valence-corrected chi connectivity index (χ0v) is 10.5. The van der Waals surface area contributed by atoms with Crippen molar-refractivity contribution in [2.24, 2.45) is 17.1 Å². The molecule has 0 amide bonds. The van der Waals surface area contributed by atoms with Crippen molar-refractivity contribution in [3.63, 3.8) is 0 Å². The predicted octanol–water partition coefficient (Wildman–Crippen LogP) is 1.79. The highest BCUT2D eigenvalue weighted by Crippen LogP contribution is 2.24. The molecule has 0 saturated heterocycles. The van der Waals surface area contributed by atoms with Crippen LogP contribution in [0.3, 0.4) is 0 Å². The quantitative estimate of drug-likeness (QED) is 0.579. The summed E-state index contributed by atoms with van der Waals surface area (Å²) in [4.78, 5) is 0. The van der Waals surface area contributed by atoms with E-state index in [1.165, 1.54) is 0 Å². The third kappa shape index (κ3) is 6.13. The second-order valence-corrected chi connectivity index (χ2v) is 4.76. The molecule has 0 heterocycles. The lowest BCUT2D eigenvalue weighted by atomic mass is 9.83. The first-order valence-corrected chi connectivity index (χ1v) is 5.99. The van der Waals surface area contributed by atoms with Crippen LogP contribution in [0.4, 0.5) is 0 Å². The zero-order chi connectivity index (χ0) is 11.7. The van der Waals surface area contributed by atoms with Crippen molar-refractivity contribution in [2.45, 2.75) is 40.0 Å². The van der Waals surface area contributed by atoms with Gasteiger partial charge in [-0.2, -0.15) is 0 Å². The van der Waals surface area contributed by atoms with E-state index in [9.17, 15) is 5.11 Å². The molecule has 0 aliphatic rings. The Morgan fingerprint density at radius 1 is 1.33 bits per heavy atom. The number of hydrogen-bond acceptors (Lipinski definition) is 3. The monoisotopic (exact) mass is 217 g/mol. The average Bonchev–Trinajstić information content (AvgIpc) is 2.24. The van der Waals surface area contributed by atoms with Crippen LogP contribution in [0.2, 0.25) is 0 Å². The summed E-state index contributed by atoms with van der Waals surface area (Å²) >= 11 is 0. The highest BCUT2D eigenvalue weighted by atomic mass is 16.5. The zero-order valence-electron chi connectivity index (χ0n) is 10.5. The van der Waals surface area contributed by atoms with Gasteiger partial charge in [0.2, 0.25) is 0 Å². The summed E-state index contributed by atoms with van der Waals surface area (Å²) in [6.45, 7) is 8.66. The van der Waals surface area contributed by atoms with Crippen molar-refractivity contribution in [3.05, 3.63) is 0 Å². The number of nitrogens with two attached hydrogens (primary N) is 1. The third-order valence-corrected chi connectivity index (χ3v) is 3.13. The standard InChI is InChI=1S/C12H27NO2/c1-4-12(9-13,10-14)6-8-15-7-5-11(2)3/h11,14H,4-10,13H2,1-3H3. The molecular weight excluding hydrogens is 190 g/mol. The van der Waals surface area contributed by atoms with Crippen LogP contribution in [-0.2, 0) is 4.74 Å². The third-order valence-electron chi connectivity index (χ3n) is 3.13. The van der Waals surface area contributed by atoms with E-state index in [2.05, 4.69) is 20.8 Å². The second kappa shape index (κ2) is 8.08. The Kier molecular flexibility index (Phi) is 8.02. The Balaban J connectivity index is 3.63. The molecule has 0 aromatic carbocycles. The van der Waals surface area contributed by atoms with Gasteiger partial charge in [0.05, 0.1) is 0 Å². The van der Waals surface area contributed by atoms with Gasteiger partial charge in [-0.15, -0.1) is 0 Å². The highest BCUT2D eigenvalue weighted by Gasteiger charge is 2.25. The maximum Gasteiger partial charge on any atom is 0.0500 e. The minimum Gasteiger partial charge on any atom is -0.396 e. The van der Waals surface area contributed by atoms with Crippen LogP contribution in [-0.4, -0.2) is 31.5 Å². The molecule has 0 aliphatic heterocycles. The van der Waals surface area contributed by atoms with E-state index in [-0.39, 0.29) is 12.0 Å². The van der Waals surface area contributed by atoms with Crippen molar-refractivity contribution < 1.29 is 9.84 Å². The first-order valence-electron chi connectivity index (χ1n) is 5.99. The van der Waals surface area contributed by atoms with Gasteiger partial charge < -0.3 is 15.6 Å². The Hall–Kier alpha value is -0.120. The molecule has 0 aromatic heterocycles. The lowest BCUT2D eigenvalue weighted by Gasteiger charge is -2.28. The molecule has 15 heavy (non-hydrogen) atoms. The van der Waals surface area contributed by atoms with E-state index < -0.39 is 0 Å². The van der Waals surface area contributed by atoms with E-state index in [1.807, 2.05) is 0 Å². The molecule has 1 atom stereocenters. The molecule has 0 bridgehead atoms. The minimum atomic E-state index is -0.127. The Morgan fingerprint density at radius 2 is 2.00 bits per heavy atom. The number of hydrogen-bond donors (Lipinski definition) is 2. The summed E-state index contributed by atoms with van der Waals surface area (Å²) < 4.78 is 5.54. The smallest absolute Gasteiger partial charge is 0.0500 e. The Bertz CT molecular complexity index is 136. The van der Waals surface area contributed by atoms with Crippen molar-refractivity contribution in [2.75, 3.05) is 26.4 Å². The number of rotatable bonds is 9. The summed E-state index contributed by atoms with van der Waals surface area (Å²) in [5.41, 5.74) is 5.55. The molecule has 3 heteroatoms. The minimum absolute atomic E-state index is 0.127. The van der Waals surface area contributed by atoms with Gasteiger partial charge in [0, 0.05) is 31.8 Å². The van der Waals surface area contributed by atoms with Gasteiger partial charge in [0.15, 0.2) is 0 Å². The van der Waals surface area contributed by atoms with E-state index in [4.69, 9.17) is 10.5 Å². The number of ether oxygens (including phenoxy) is 1. The molecule has 0 radical (unpaired) electrons. The molecule has 3 N–H and O–H groups in total. The van der Waals surface area contributed by atoms with Crippen molar-refractivity contribution in [1.82, 2.24) is 0 Å². The molecular formula is C12H27NO2. The fraction of sp³-hybridized carbons (Fsp3) is 1.00. The summed E-state index contributed by atoms with van der Waals surface area (Å²) in [5, 5.41) is 9.29. The van der Waals surface area contributed by atoms with Crippen LogP contribution in [0.15, 0.2) is 0 Å². The van der Waals surface area contributed by atoms with Crippen LogP contribution in [0.1, 0.15) is 40.0 Å². The first kappa shape index (κ1) is 14.9. The highest BCUT2D eigenvalue weighted by molar-refractivity contribution is 4.77. The van der Waals surface area contributed by atoms with Crippen LogP contribution in [0.25, 0.3) is 0 Å². The second-order valence-electron chi connectivity index (χ2n) is 4.76. The summed E-state index contributed by atoms with van der Waals surface area (Å²) in [5.74, 6) is 0.688. The fourth-order valence-corrected chi connectivity index (χ4v) is 1.39. The van der Waals surface area contributed by atoms with Gasteiger partial charge in [0.25, 0.3) is 0 Å². The average molecular weight is 217 g/mol. The maximum atomic E-state index is 9.29. The molecule has 0 aliphatic carbocycles. The predicted molar refractivity (Wildman–Crippen MR) is 63.8 cm³/mol. The maximum absolute atomic E-state index is 9.29. The van der Waals surface area contributed by atoms with Gasteiger partial charge in [-0.25, -0.2) is 0 Å². The summed E-state index contributed by atoms with van der Waals surface area (Å²) in [6, 6.07) is 0. The van der Waals surface area contributed by atoms with Crippen molar-refractivity contribution >= 4 is 0 Å². The van der Waals surface area contributed by atoms with E-state index in [1.54, 1.807) is 0 Å². The molecule has 92 valence electrons. The lowest BCUT2D eigenvalue weighted by molar-refractivity contribution is 0.0550. The Morgan fingerprint density at radius 3 is 2.40 bits per heavy atom.